The smallest absolute Gasteiger partial charge is 0.138 e. The Morgan fingerprint density at radius 1 is 1.43 bits per heavy atom. The van der Waals surface area contributed by atoms with Crippen molar-refractivity contribution in [3.05, 3.63) is 23.3 Å². The Labute approximate surface area is 92.7 Å². The Hall–Kier alpha value is -1.14. The summed E-state index contributed by atoms with van der Waals surface area (Å²) in [5.74, 6) is 0. The zero-order valence-electron chi connectivity index (χ0n) is 7.87. The number of benzene rings is 1. The third-order valence-electron chi connectivity index (χ3n) is 1.72. The molecule has 0 aliphatic rings. The topological polar surface area (TPSA) is 36.1 Å². The highest BCUT2D eigenvalue weighted by Crippen LogP contribution is 2.32. The Morgan fingerprint density at radius 3 is 2.71 bits per heavy atom. The van der Waals surface area contributed by atoms with E-state index in [4.69, 9.17) is 5.26 Å². The Bertz CT molecular complexity index is 440. The van der Waals surface area contributed by atoms with Gasteiger partial charge in [-0.05, 0) is 55.0 Å². The number of thiocarbonyl (C=S) groups is 1. The zero-order chi connectivity index (χ0) is 10.6. The van der Waals surface area contributed by atoms with Gasteiger partial charge >= 0.3 is 0 Å². The Kier molecular flexibility index (Phi) is 3.84. The minimum Gasteiger partial charge on any atom is -0.193 e. The maximum Gasteiger partial charge on any atom is 0.138 e. The molecule has 4 heteroatoms. The fourth-order valence-electron chi connectivity index (χ4n) is 1.24. The molecule has 0 N–H and O–H groups in total. The number of nitrogens with zero attached hydrogens (tertiary/aromatic N) is 2. The van der Waals surface area contributed by atoms with Gasteiger partial charge in [-0.2, -0.15) is 10.3 Å². The first-order valence-corrected chi connectivity index (χ1v) is 5.16. The molecule has 0 spiro atoms. The summed E-state index contributed by atoms with van der Waals surface area (Å²) in [5, 5.41) is 13.0. The van der Waals surface area contributed by atoms with E-state index in [0.717, 1.165) is 33.5 Å². The third-order valence-corrected chi connectivity index (χ3v) is 2.44. The van der Waals surface area contributed by atoms with Gasteiger partial charge in [0.15, 0.2) is 0 Å². The molecule has 0 aliphatic carbocycles. The number of hydrogen-bond acceptors (Lipinski definition) is 4. The van der Waals surface area contributed by atoms with Gasteiger partial charge in [-0.3, -0.25) is 0 Å². The lowest BCUT2D eigenvalue weighted by Gasteiger charge is -2.05. The van der Waals surface area contributed by atoms with Crippen LogP contribution in [0.5, 0.6) is 0 Å². The van der Waals surface area contributed by atoms with E-state index >= 15 is 0 Å². The predicted molar refractivity (Wildman–Crippen MR) is 62.1 cm³/mol. The highest BCUT2D eigenvalue weighted by atomic mass is 32.2. The molecule has 1 aromatic rings. The van der Waals surface area contributed by atoms with Crippen molar-refractivity contribution in [2.24, 2.45) is 4.99 Å². The second kappa shape index (κ2) is 4.92. The van der Waals surface area contributed by atoms with Gasteiger partial charge in [0.05, 0.1) is 10.8 Å². The van der Waals surface area contributed by atoms with Gasteiger partial charge in [0, 0.05) is 4.90 Å². The highest BCUT2D eigenvalue weighted by Gasteiger charge is 2.06. The summed E-state index contributed by atoms with van der Waals surface area (Å²) in [4.78, 5) is 4.79. The van der Waals surface area contributed by atoms with E-state index in [0.29, 0.717) is 0 Å². The molecular formula is C10H8N2S2. The predicted octanol–water partition coefficient (Wildman–Crippen LogP) is 3.61. The van der Waals surface area contributed by atoms with E-state index in [1.54, 1.807) is 0 Å². The van der Waals surface area contributed by atoms with E-state index in [1.165, 1.54) is 0 Å². The average molecular weight is 220 g/mol. The van der Waals surface area contributed by atoms with Gasteiger partial charge in [0.1, 0.15) is 5.40 Å². The molecule has 0 radical (unpaired) electrons. The fraction of sp³-hybridized carbons (Fsp3) is 0.200. The minimum absolute atomic E-state index is 0.747. The number of nitriles is 1. The molecule has 70 valence electrons. The standard InChI is InChI=1S/C10H8N2S2/c1-7-3-8(2)10(12-6-13)9(4-7)14-5-11/h3-4H,1-2H3. The van der Waals surface area contributed by atoms with Crippen LogP contribution in [0.15, 0.2) is 22.0 Å². The van der Waals surface area contributed by atoms with Crippen LogP contribution in [-0.4, -0.2) is 5.16 Å². The van der Waals surface area contributed by atoms with Crippen LogP contribution >= 0.6 is 24.0 Å². The van der Waals surface area contributed by atoms with Gasteiger partial charge in [0.25, 0.3) is 0 Å². The molecule has 2 nitrogen and oxygen atoms in total. The number of thiocyanates is 1. The van der Waals surface area contributed by atoms with E-state index in [9.17, 15) is 0 Å². The van der Waals surface area contributed by atoms with Crippen LogP contribution in [0.25, 0.3) is 0 Å². The van der Waals surface area contributed by atoms with Gasteiger partial charge in [-0.25, -0.2) is 0 Å². The molecular weight excluding hydrogens is 212 g/mol. The van der Waals surface area contributed by atoms with E-state index < -0.39 is 0 Å². The maximum absolute atomic E-state index is 8.62. The van der Waals surface area contributed by atoms with Crippen LogP contribution in [0.1, 0.15) is 11.1 Å². The lowest BCUT2D eigenvalue weighted by molar-refractivity contribution is 1.27. The molecule has 0 atom stereocenters. The molecule has 1 rings (SSSR count). The summed E-state index contributed by atoms with van der Waals surface area (Å²) in [6.45, 7) is 3.93. The van der Waals surface area contributed by atoms with Gasteiger partial charge < -0.3 is 0 Å². The SMILES string of the molecule is Cc1cc(C)c(N=C=S)c(SC#N)c1. The van der Waals surface area contributed by atoms with Crippen LogP contribution in [0.4, 0.5) is 5.69 Å². The molecule has 0 saturated carbocycles. The molecule has 0 aromatic heterocycles. The zero-order valence-corrected chi connectivity index (χ0v) is 9.50. The normalized spacial score (nSPS) is 8.93. The molecule has 0 heterocycles. The number of hydrogen-bond donors (Lipinski definition) is 0. The highest BCUT2D eigenvalue weighted by molar-refractivity contribution is 8.03. The van der Waals surface area contributed by atoms with E-state index in [-0.39, 0.29) is 0 Å². The monoisotopic (exact) mass is 220 g/mol. The molecule has 0 amide bonds. The molecule has 0 fully saturated rings. The number of isothiocyanates is 1. The average Bonchev–Trinajstić information content (AvgIpc) is 2.11. The number of thioether (sulfide) groups is 1. The van der Waals surface area contributed by atoms with E-state index in [2.05, 4.69) is 22.4 Å². The van der Waals surface area contributed by atoms with Crippen LogP contribution in [0.2, 0.25) is 0 Å². The molecule has 0 bridgehead atoms. The molecule has 0 aliphatic heterocycles. The van der Waals surface area contributed by atoms with Crippen molar-refractivity contribution in [2.75, 3.05) is 0 Å². The van der Waals surface area contributed by atoms with Crippen LogP contribution < -0.4 is 0 Å². The lowest BCUT2D eigenvalue weighted by atomic mass is 10.1. The van der Waals surface area contributed by atoms with Crippen molar-refractivity contribution in [1.29, 1.82) is 5.26 Å². The number of rotatable bonds is 2. The van der Waals surface area contributed by atoms with Crippen LogP contribution in [0, 0.1) is 24.5 Å². The van der Waals surface area contributed by atoms with Crippen molar-refractivity contribution < 1.29 is 0 Å². The first-order valence-electron chi connectivity index (χ1n) is 3.94. The Balaban J connectivity index is 3.37. The first-order chi connectivity index (χ1) is 6.69. The summed E-state index contributed by atoms with van der Waals surface area (Å²) in [6, 6.07) is 3.93. The number of aryl methyl sites for hydroxylation is 2. The maximum atomic E-state index is 8.62. The van der Waals surface area contributed by atoms with Crippen molar-refractivity contribution in [2.45, 2.75) is 18.7 Å². The minimum atomic E-state index is 0.747. The summed E-state index contributed by atoms with van der Waals surface area (Å²) in [7, 11) is 0. The van der Waals surface area contributed by atoms with E-state index in [1.807, 2.05) is 31.4 Å². The quantitative estimate of drug-likeness (QED) is 0.330. The Morgan fingerprint density at radius 2 is 2.14 bits per heavy atom. The summed E-state index contributed by atoms with van der Waals surface area (Å²) in [6.07, 6.45) is 0. The van der Waals surface area contributed by atoms with Crippen molar-refractivity contribution in [3.63, 3.8) is 0 Å². The number of aliphatic imine (C=N–C) groups is 1. The summed E-state index contributed by atoms with van der Waals surface area (Å²) in [5.41, 5.74) is 2.88. The summed E-state index contributed by atoms with van der Waals surface area (Å²) >= 11 is 5.66. The molecule has 1 aromatic carbocycles. The van der Waals surface area contributed by atoms with Gasteiger partial charge in [-0.1, -0.05) is 6.07 Å². The molecule has 0 unspecified atom stereocenters. The largest absolute Gasteiger partial charge is 0.193 e. The van der Waals surface area contributed by atoms with Crippen LogP contribution in [-0.2, 0) is 0 Å². The lowest BCUT2D eigenvalue weighted by Crippen LogP contribution is -1.81. The van der Waals surface area contributed by atoms with Crippen LogP contribution in [0.3, 0.4) is 0 Å². The molecule has 0 saturated heterocycles. The second-order valence-corrected chi connectivity index (χ2v) is 3.83. The third kappa shape index (κ3) is 2.43. The summed E-state index contributed by atoms with van der Waals surface area (Å²) < 4.78 is 0. The fourth-order valence-corrected chi connectivity index (χ4v) is 1.97. The molecule has 14 heavy (non-hydrogen) atoms. The van der Waals surface area contributed by atoms with Crippen molar-refractivity contribution >= 4 is 34.8 Å². The van der Waals surface area contributed by atoms with Crippen molar-refractivity contribution in [3.8, 4) is 5.40 Å². The second-order valence-electron chi connectivity index (χ2n) is 2.83. The first kappa shape index (κ1) is 10.9. The van der Waals surface area contributed by atoms with Gasteiger partial charge in [0.2, 0.25) is 0 Å². The van der Waals surface area contributed by atoms with Gasteiger partial charge in [-0.15, -0.1) is 0 Å². The van der Waals surface area contributed by atoms with Crippen molar-refractivity contribution in [1.82, 2.24) is 0 Å².